The van der Waals surface area contributed by atoms with E-state index >= 15 is 0 Å². The molecule has 2 rings (SSSR count). The number of rotatable bonds is 7. The molecule has 0 aliphatic carbocycles. The first kappa shape index (κ1) is 18.8. The van der Waals surface area contributed by atoms with E-state index < -0.39 is 0 Å². The van der Waals surface area contributed by atoms with Crippen molar-refractivity contribution in [1.82, 2.24) is 5.32 Å². The number of nitrogens with one attached hydrogen (secondary N) is 1. The van der Waals surface area contributed by atoms with Crippen LogP contribution >= 0.6 is 0 Å². The van der Waals surface area contributed by atoms with Crippen LogP contribution in [0.4, 0.5) is 0 Å². The molecule has 0 heterocycles. The summed E-state index contributed by atoms with van der Waals surface area (Å²) in [6.45, 7) is 6.77. The van der Waals surface area contributed by atoms with Gasteiger partial charge in [0.05, 0.1) is 20.6 Å². The van der Waals surface area contributed by atoms with Gasteiger partial charge in [-0.3, -0.25) is 4.79 Å². The van der Waals surface area contributed by atoms with E-state index in [1.54, 1.807) is 14.2 Å². The Hall–Kier alpha value is -2.49. The average molecular weight is 341 g/mol. The first-order valence-corrected chi connectivity index (χ1v) is 8.41. The van der Waals surface area contributed by atoms with E-state index in [-0.39, 0.29) is 11.3 Å². The van der Waals surface area contributed by atoms with Crippen molar-refractivity contribution in [3.05, 3.63) is 59.2 Å². The van der Waals surface area contributed by atoms with Crippen molar-refractivity contribution in [2.75, 3.05) is 20.8 Å². The molecule has 25 heavy (non-hydrogen) atoms. The first-order valence-electron chi connectivity index (χ1n) is 8.41. The van der Waals surface area contributed by atoms with Crippen molar-refractivity contribution in [3.63, 3.8) is 0 Å². The molecular formula is C21H27NO3. The Bertz CT molecular complexity index is 738. The molecule has 0 unspecified atom stereocenters. The molecule has 0 aliphatic heterocycles. The Morgan fingerprint density at radius 2 is 1.72 bits per heavy atom. The zero-order chi connectivity index (χ0) is 18.4. The molecule has 0 spiro atoms. The Morgan fingerprint density at radius 3 is 2.36 bits per heavy atom. The van der Waals surface area contributed by atoms with Crippen LogP contribution in [0.1, 0.15) is 30.5 Å². The molecule has 4 heteroatoms. The van der Waals surface area contributed by atoms with Crippen LogP contribution in [0.2, 0.25) is 0 Å². The minimum absolute atomic E-state index is 0.0304. The van der Waals surface area contributed by atoms with E-state index in [0.717, 1.165) is 16.7 Å². The SMILES string of the molecule is COc1ccc(C(C)(C)CNC(=O)Cc2ccccc2C)cc1OC. The number of carbonyl (C=O) groups is 1. The Morgan fingerprint density at radius 1 is 1.04 bits per heavy atom. The highest BCUT2D eigenvalue weighted by Crippen LogP contribution is 2.32. The van der Waals surface area contributed by atoms with Gasteiger partial charge in [0, 0.05) is 12.0 Å². The molecule has 0 saturated carbocycles. The van der Waals surface area contributed by atoms with Crippen LogP contribution in [0.3, 0.4) is 0 Å². The van der Waals surface area contributed by atoms with E-state index in [4.69, 9.17) is 9.47 Å². The number of benzene rings is 2. The van der Waals surface area contributed by atoms with Gasteiger partial charge in [0.15, 0.2) is 11.5 Å². The predicted molar refractivity (Wildman–Crippen MR) is 100 cm³/mol. The summed E-state index contributed by atoms with van der Waals surface area (Å²) in [5.41, 5.74) is 3.06. The summed E-state index contributed by atoms with van der Waals surface area (Å²) in [6, 6.07) is 13.8. The summed E-state index contributed by atoms with van der Waals surface area (Å²) >= 11 is 0. The lowest BCUT2D eigenvalue weighted by Gasteiger charge is -2.26. The molecule has 0 aliphatic rings. The Labute approximate surface area is 150 Å². The number of aryl methyl sites for hydroxylation is 1. The third-order valence-corrected chi connectivity index (χ3v) is 4.50. The molecule has 0 fully saturated rings. The van der Waals surface area contributed by atoms with Crippen molar-refractivity contribution in [2.45, 2.75) is 32.6 Å². The maximum Gasteiger partial charge on any atom is 0.224 e. The second-order valence-corrected chi connectivity index (χ2v) is 6.83. The molecule has 0 saturated heterocycles. The number of carbonyl (C=O) groups excluding carboxylic acids is 1. The third-order valence-electron chi connectivity index (χ3n) is 4.50. The van der Waals surface area contributed by atoms with Crippen molar-refractivity contribution in [2.24, 2.45) is 0 Å². The highest BCUT2D eigenvalue weighted by molar-refractivity contribution is 5.79. The molecule has 0 atom stereocenters. The average Bonchev–Trinajstić information content (AvgIpc) is 2.61. The van der Waals surface area contributed by atoms with Gasteiger partial charge in [-0.15, -0.1) is 0 Å². The number of methoxy groups -OCH3 is 2. The first-order chi connectivity index (χ1) is 11.9. The fourth-order valence-electron chi connectivity index (χ4n) is 2.72. The van der Waals surface area contributed by atoms with Crippen LogP contribution in [0.5, 0.6) is 11.5 Å². The molecule has 2 aromatic carbocycles. The summed E-state index contributed by atoms with van der Waals surface area (Å²) < 4.78 is 10.7. The maximum absolute atomic E-state index is 12.3. The van der Waals surface area contributed by atoms with Crippen LogP contribution < -0.4 is 14.8 Å². The summed E-state index contributed by atoms with van der Waals surface area (Å²) in [5.74, 6) is 1.42. The Balaban J connectivity index is 2.03. The van der Waals surface area contributed by atoms with Crippen molar-refractivity contribution < 1.29 is 14.3 Å². The van der Waals surface area contributed by atoms with Gasteiger partial charge in [-0.05, 0) is 35.7 Å². The van der Waals surface area contributed by atoms with E-state index in [0.29, 0.717) is 24.5 Å². The molecule has 134 valence electrons. The number of ether oxygens (including phenoxy) is 2. The molecule has 1 N–H and O–H groups in total. The summed E-state index contributed by atoms with van der Waals surface area (Å²) in [7, 11) is 3.24. The fraction of sp³-hybridized carbons (Fsp3) is 0.381. The number of hydrogen-bond donors (Lipinski definition) is 1. The highest BCUT2D eigenvalue weighted by atomic mass is 16.5. The van der Waals surface area contributed by atoms with Gasteiger partial charge in [-0.1, -0.05) is 44.2 Å². The second-order valence-electron chi connectivity index (χ2n) is 6.83. The standard InChI is InChI=1S/C21H27NO3/c1-15-8-6-7-9-16(15)12-20(23)22-14-21(2,3)17-10-11-18(24-4)19(13-17)25-5/h6-11,13H,12,14H2,1-5H3,(H,22,23). The van der Waals surface area contributed by atoms with Gasteiger partial charge in [0.2, 0.25) is 5.91 Å². The predicted octanol–water partition coefficient (Wildman–Crippen LogP) is 3.65. The topological polar surface area (TPSA) is 47.6 Å². The van der Waals surface area contributed by atoms with Crippen LogP contribution in [-0.4, -0.2) is 26.7 Å². The highest BCUT2D eigenvalue weighted by Gasteiger charge is 2.23. The van der Waals surface area contributed by atoms with Crippen LogP contribution in [0.15, 0.2) is 42.5 Å². The van der Waals surface area contributed by atoms with Crippen LogP contribution in [0, 0.1) is 6.92 Å². The molecule has 0 aromatic heterocycles. The fourth-order valence-corrected chi connectivity index (χ4v) is 2.72. The van der Waals surface area contributed by atoms with Crippen molar-refractivity contribution >= 4 is 5.91 Å². The maximum atomic E-state index is 12.3. The van der Waals surface area contributed by atoms with Gasteiger partial charge in [-0.2, -0.15) is 0 Å². The van der Waals surface area contributed by atoms with Gasteiger partial charge < -0.3 is 14.8 Å². The van der Waals surface area contributed by atoms with Gasteiger partial charge in [0.1, 0.15) is 0 Å². The normalized spacial score (nSPS) is 11.1. The number of hydrogen-bond acceptors (Lipinski definition) is 3. The second kappa shape index (κ2) is 8.06. The van der Waals surface area contributed by atoms with Crippen LogP contribution in [0.25, 0.3) is 0 Å². The molecule has 0 bridgehead atoms. The molecule has 0 radical (unpaired) electrons. The quantitative estimate of drug-likeness (QED) is 0.836. The van der Waals surface area contributed by atoms with E-state index in [1.807, 2.05) is 49.4 Å². The zero-order valence-electron chi connectivity index (χ0n) is 15.7. The zero-order valence-corrected chi connectivity index (χ0v) is 15.7. The monoisotopic (exact) mass is 341 g/mol. The summed E-state index contributed by atoms with van der Waals surface area (Å²) in [4.78, 5) is 12.3. The van der Waals surface area contributed by atoms with Gasteiger partial charge in [0.25, 0.3) is 0 Å². The van der Waals surface area contributed by atoms with E-state index in [9.17, 15) is 4.79 Å². The van der Waals surface area contributed by atoms with Gasteiger partial charge >= 0.3 is 0 Å². The summed E-state index contributed by atoms with van der Waals surface area (Å²) in [6.07, 6.45) is 0.398. The van der Waals surface area contributed by atoms with Gasteiger partial charge in [-0.25, -0.2) is 0 Å². The molecular weight excluding hydrogens is 314 g/mol. The number of amides is 1. The third kappa shape index (κ3) is 4.75. The lowest BCUT2D eigenvalue weighted by atomic mass is 9.84. The largest absolute Gasteiger partial charge is 0.493 e. The minimum Gasteiger partial charge on any atom is -0.493 e. The molecule has 4 nitrogen and oxygen atoms in total. The van der Waals surface area contributed by atoms with Crippen molar-refractivity contribution in [3.8, 4) is 11.5 Å². The Kier molecular flexibility index (Phi) is 6.07. The molecule has 2 aromatic rings. The van der Waals surface area contributed by atoms with Crippen molar-refractivity contribution in [1.29, 1.82) is 0 Å². The lowest BCUT2D eigenvalue weighted by molar-refractivity contribution is -0.120. The van der Waals surface area contributed by atoms with Crippen LogP contribution in [-0.2, 0) is 16.6 Å². The van der Waals surface area contributed by atoms with E-state index in [1.165, 1.54) is 0 Å². The lowest BCUT2D eigenvalue weighted by Crippen LogP contribution is -2.37. The summed E-state index contributed by atoms with van der Waals surface area (Å²) in [5, 5.41) is 3.05. The minimum atomic E-state index is -0.221. The molecule has 1 amide bonds. The van der Waals surface area contributed by atoms with E-state index in [2.05, 4.69) is 19.2 Å². The smallest absolute Gasteiger partial charge is 0.224 e.